The van der Waals surface area contributed by atoms with Gasteiger partial charge in [0.05, 0.1) is 19.1 Å². The molecule has 0 unspecified atom stereocenters. The number of benzene rings is 1. The molecule has 0 aliphatic carbocycles. The number of nitrogens with zero attached hydrogens (tertiary/aromatic N) is 2. The molecule has 1 aromatic carbocycles. The number of barbiturate groups is 1. The zero-order valence-corrected chi connectivity index (χ0v) is 16.3. The molecule has 3 N–H and O–H groups in total. The number of amides is 4. The molecule has 156 valence electrons. The normalized spacial score (nSPS) is 14.9. The van der Waals surface area contributed by atoms with Gasteiger partial charge in [-0.15, -0.1) is 10.2 Å². The third kappa shape index (κ3) is 4.57. The summed E-state index contributed by atoms with van der Waals surface area (Å²) in [6.45, 7) is 0. The maximum Gasteiger partial charge on any atom is 0.342 e. The van der Waals surface area contributed by atoms with Crippen LogP contribution in [-0.2, 0) is 14.4 Å². The first kappa shape index (κ1) is 20.9. The van der Waals surface area contributed by atoms with Crippen LogP contribution in [0.5, 0.6) is 11.5 Å². The monoisotopic (exact) mass is 434 g/mol. The number of hydrogen-bond donors (Lipinski definition) is 3. The quantitative estimate of drug-likeness (QED) is 0.320. The van der Waals surface area contributed by atoms with Crippen molar-refractivity contribution in [3.63, 3.8) is 0 Å². The van der Waals surface area contributed by atoms with Crippen molar-refractivity contribution in [2.24, 2.45) is 5.92 Å². The molecule has 0 radical (unpaired) electrons. The molecular formula is C17H14N4O8S. The van der Waals surface area contributed by atoms with Crippen molar-refractivity contribution in [1.29, 1.82) is 0 Å². The highest BCUT2D eigenvalue weighted by atomic mass is 32.2. The Hall–Kier alpha value is -3.87. The third-order valence-electron chi connectivity index (χ3n) is 3.77. The van der Waals surface area contributed by atoms with E-state index in [9.17, 15) is 24.3 Å². The minimum Gasteiger partial charge on any atom is -0.497 e. The molecule has 0 bridgehead atoms. The lowest BCUT2D eigenvalue weighted by atomic mass is 10.1. The van der Waals surface area contributed by atoms with Crippen LogP contribution < -0.4 is 20.1 Å². The minimum atomic E-state index is -1.51. The maximum absolute atomic E-state index is 11.8. The number of methoxy groups -OCH3 is 2. The van der Waals surface area contributed by atoms with Gasteiger partial charge in [0.2, 0.25) is 17.7 Å². The molecule has 2 aromatic rings. The van der Waals surface area contributed by atoms with Gasteiger partial charge in [0.1, 0.15) is 17.4 Å². The molecule has 1 aliphatic rings. The lowest BCUT2D eigenvalue weighted by molar-refractivity contribution is -0.133. The van der Waals surface area contributed by atoms with Gasteiger partial charge in [-0.25, -0.2) is 9.59 Å². The van der Waals surface area contributed by atoms with E-state index in [1.165, 1.54) is 14.2 Å². The van der Waals surface area contributed by atoms with Crippen LogP contribution in [-0.4, -0.2) is 53.3 Å². The Morgan fingerprint density at radius 3 is 2.23 bits per heavy atom. The van der Waals surface area contributed by atoms with E-state index in [-0.39, 0.29) is 11.1 Å². The van der Waals surface area contributed by atoms with E-state index in [0.717, 1.165) is 6.08 Å². The Labute approximate surface area is 172 Å². The zero-order chi connectivity index (χ0) is 21.8. The molecule has 4 amide bonds. The number of urea groups is 1. The fourth-order valence-electron chi connectivity index (χ4n) is 2.37. The minimum absolute atomic E-state index is 0.0678. The van der Waals surface area contributed by atoms with Gasteiger partial charge in [-0.3, -0.25) is 20.2 Å². The van der Waals surface area contributed by atoms with Crippen molar-refractivity contribution in [3.05, 3.63) is 29.2 Å². The van der Waals surface area contributed by atoms with E-state index in [0.29, 0.717) is 28.8 Å². The largest absolute Gasteiger partial charge is 0.497 e. The van der Waals surface area contributed by atoms with Crippen molar-refractivity contribution < 1.29 is 38.2 Å². The summed E-state index contributed by atoms with van der Waals surface area (Å²) in [5.74, 6) is -3.81. The molecule has 3 rings (SSSR count). The first-order chi connectivity index (χ1) is 14.3. The van der Waals surface area contributed by atoms with Crippen LogP contribution in [0.3, 0.4) is 0 Å². The molecule has 2 heterocycles. The van der Waals surface area contributed by atoms with Gasteiger partial charge < -0.3 is 19.0 Å². The van der Waals surface area contributed by atoms with E-state index in [1.54, 1.807) is 18.2 Å². The number of aliphatic carboxylic acids is 1. The summed E-state index contributed by atoms with van der Waals surface area (Å²) in [6, 6.07) is 3.90. The van der Waals surface area contributed by atoms with Crippen LogP contribution in [0.4, 0.5) is 4.79 Å². The van der Waals surface area contributed by atoms with E-state index in [1.807, 2.05) is 10.6 Å². The summed E-state index contributed by atoms with van der Waals surface area (Å²) >= 11 is 0.545. The standard InChI is InChI=1S/C17H14N4O8S/c1-27-8-3-7(4-9(5-8)28-2)14-20-21-17(29-14)30-11(15(24)25)6-10-12(22)18-16(26)19-13(10)23/h3-6,10H,1-2H3,(H,24,25)(H2,18,19,22,23,26)/b11-6+. The van der Waals surface area contributed by atoms with Crippen molar-refractivity contribution in [3.8, 4) is 23.0 Å². The summed E-state index contributed by atoms with van der Waals surface area (Å²) in [5.41, 5.74) is 0.468. The topological polar surface area (TPSA) is 170 Å². The highest BCUT2D eigenvalue weighted by molar-refractivity contribution is 8.03. The second-order valence-electron chi connectivity index (χ2n) is 5.70. The van der Waals surface area contributed by atoms with Gasteiger partial charge in [0, 0.05) is 11.6 Å². The molecule has 13 heteroatoms. The number of thioether (sulfide) groups is 1. The Morgan fingerprint density at radius 2 is 1.70 bits per heavy atom. The highest BCUT2D eigenvalue weighted by Gasteiger charge is 2.34. The summed E-state index contributed by atoms with van der Waals surface area (Å²) in [6.07, 6.45) is 0.891. The molecule has 0 atom stereocenters. The van der Waals surface area contributed by atoms with Gasteiger partial charge in [0.15, 0.2) is 0 Å². The fraction of sp³-hybridized carbons (Fsp3) is 0.176. The predicted molar refractivity (Wildman–Crippen MR) is 99.6 cm³/mol. The maximum atomic E-state index is 11.8. The van der Waals surface area contributed by atoms with E-state index >= 15 is 0 Å². The fourth-order valence-corrected chi connectivity index (χ4v) is 3.06. The average molecular weight is 434 g/mol. The molecule has 1 fully saturated rings. The number of carboxylic acid groups (broad SMARTS) is 1. The first-order valence-electron chi connectivity index (χ1n) is 8.16. The van der Waals surface area contributed by atoms with E-state index < -0.39 is 34.6 Å². The van der Waals surface area contributed by atoms with Gasteiger partial charge >= 0.3 is 12.0 Å². The van der Waals surface area contributed by atoms with E-state index in [4.69, 9.17) is 13.9 Å². The van der Waals surface area contributed by atoms with Crippen LogP contribution in [0.25, 0.3) is 11.5 Å². The molecule has 0 saturated carbocycles. The molecule has 12 nitrogen and oxygen atoms in total. The molecular weight excluding hydrogens is 420 g/mol. The number of imide groups is 2. The second-order valence-corrected chi connectivity index (χ2v) is 6.69. The van der Waals surface area contributed by atoms with Gasteiger partial charge in [0.25, 0.3) is 5.22 Å². The van der Waals surface area contributed by atoms with Gasteiger partial charge in [-0.1, -0.05) is 0 Å². The SMILES string of the molecule is COc1cc(OC)cc(-c2nnc(S/C(=C/C3C(=O)NC(=O)NC3=O)C(=O)O)o2)c1. The average Bonchev–Trinajstić information content (AvgIpc) is 3.17. The van der Waals surface area contributed by atoms with Crippen LogP contribution in [0, 0.1) is 5.92 Å². The number of nitrogens with one attached hydrogen (secondary N) is 2. The number of carboxylic acids is 1. The summed E-state index contributed by atoms with van der Waals surface area (Å²) < 4.78 is 15.8. The number of carbonyl (C=O) groups excluding carboxylic acids is 3. The molecule has 1 saturated heterocycles. The van der Waals surface area contributed by atoms with Crippen molar-refractivity contribution in [1.82, 2.24) is 20.8 Å². The van der Waals surface area contributed by atoms with Crippen molar-refractivity contribution in [2.75, 3.05) is 14.2 Å². The van der Waals surface area contributed by atoms with Crippen LogP contribution in [0.15, 0.2) is 38.8 Å². The summed E-state index contributed by atoms with van der Waals surface area (Å²) in [5, 5.41) is 20.7. The number of hydrogen-bond acceptors (Lipinski definition) is 10. The Bertz CT molecular complexity index is 1020. The van der Waals surface area contributed by atoms with E-state index in [2.05, 4.69) is 10.2 Å². The van der Waals surface area contributed by atoms with Crippen LogP contribution in [0.2, 0.25) is 0 Å². The summed E-state index contributed by atoms with van der Waals surface area (Å²) in [7, 11) is 2.95. The molecule has 1 aliphatic heterocycles. The number of rotatable bonds is 7. The van der Waals surface area contributed by atoms with Crippen molar-refractivity contribution >= 4 is 35.6 Å². The zero-order valence-electron chi connectivity index (χ0n) is 15.5. The smallest absolute Gasteiger partial charge is 0.342 e. The Balaban J connectivity index is 1.86. The number of aromatic nitrogens is 2. The first-order valence-corrected chi connectivity index (χ1v) is 8.98. The summed E-state index contributed by atoms with van der Waals surface area (Å²) in [4.78, 5) is 45.9. The Morgan fingerprint density at radius 1 is 1.10 bits per heavy atom. The highest BCUT2D eigenvalue weighted by Crippen LogP contribution is 2.33. The molecule has 30 heavy (non-hydrogen) atoms. The number of ether oxygens (including phenoxy) is 2. The lowest BCUT2D eigenvalue weighted by Crippen LogP contribution is -2.55. The van der Waals surface area contributed by atoms with Gasteiger partial charge in [-0.05, 0) is 30.0 Å². The molecule has 0 spiro atoms. The third-order valence-corrected chi connectivity index (χ3v) is 4.64. The Kier molecular flexibility index (Phi) is 6.01. The van der Waals surface area contributed by atoms with Crippen LogP contribution in [0.1, 0.15) is 0 Å². The number of carbonyl (C=O) groups is 4. The van der Waals surface area contributed by atoms with Crippen LogP contribution >= 0.6 is 11.8 Å². The second kappa shape index (κ2) is 8.65. The lowest BCUT2D eigenvalue weighted by Gasteiger charge is -2.18. The molecule has 1 aromatic heterocycles. The van der Waals surface area contributed by atoms with Crippen molar-refractivity contribution in [2.45, 2.75) is 5.22 Å². The van der Waals surface area contributed by atoms with Gasteiger partial charge in [-0.2, -0.15) is 0 Å². The predicted octanol–water partition coefficient (Wildman–Crippen LogP) is 0.797.